The molecule has 15 nitrogen and oxygen atoms in total. The van der Waals surface area contributed by atoms with Gasteiger partial charge in [-0.3, -0.25) is 29.2 Å². The lowest BCUT2D eigenvalue weighted by Crippen LogP contribution is -2.42. The number of ketones is 1. The van der Waals surface area contributed by atoms with Gasteiger partial charge in [0.05, 0.1) is 36.7 Å². The fourth-order valence-corrected chi connectivity index (χ4v) is 8.45. The lowest BCUT2D eigenvalue weighted by molar-refractivity contribution is -0.116. The molecule has 0 unspecified atom stereocenters. The van der Waals surface area contributed by atoms with E-state index in [0.717, 1.165) is 70.9 Å². The number of aryl methyl sites for hydroxylation is 1. The molecule has 2 fully saturated rings. The van der Waals surface area contributed by atoms with Crippen LogP contribution < -0.4 is 20.3 Å². The molecule has 1 saturated heterocycles. The number of rotatable bonds is 16. The van der Waals surface area contributed by atoms with E-state index in [1.54, 1.807) is 23.0 Å². The zero-order valence-electron chi connectivity index (χ0n) is 34.0. The van der Waals surface area contributed by atoms with Gasteiger partial charge in [-0.25, -0.2) is 18.3 Å². The van der Waals surface area contributed by atoms with Crippen LogP contribution in [-0.2, 0) is 16.0 Å². The number of benzene rings is 2. The van der Waals surface area contributed by atoms with Crippen molar-refractivity contribution in [2.24, 2.45) is 5.92 Å². The van der Waals surface area contributed by atoms with Crippen LogP contribution in [0.15, 0.2) is 67.1 Å². The summed E-state index contributed by atoms with van der Waals surface area (Å²) in [6.07, 6.45) is 10.7. The third-order valence-corrected chi connectivity index (χ3v) is 11.7. The number of nitrogens with zero attached hydrogens (tertiary/aromatic N) is 7. The number of Topliss-reactive ketones (excluding diaryl/α,β-unsaturated/α-hetero) is 1. The zero-order chi connectivity index (χ0) is 42.5. The van der Waals surface area contributed by atoms with E-state index in [1.165, 1.54) is 28.5 Å². The van der Waals surface area contributed by atoms with Gasteiger partial charge in [-0.05, 0) is 100 Å². The Hall–Kier alpha value is -6.07. The van der Waals surface area contributed by atoms with Crippen LogP contribution in [-0.4, -0.2) is 99.2 Å². The monoisotopic (exact) mass is 837 g/mol. The molecule has 5 aromatic rings. The average Bonchev–Trinajstić information content (AvgIpc) is 3.90. The highest BCUT2D eigenvalue weighted by molar-refractivity contribution is 6.49. The van der Waals surface area contributed by atoms with Gasteiger partial charge in [-0.15, -0.1) is 0 Å². The number of anilines is 2. The topological polar surface area (TPSA) is 165 Å². The predicted octanol–water partition coefficient (Wildman–Crippen LogP) is 6.66. The van der Waals surface area contributed by atoms with Crippen molar-refractivity contribution in [1.29, 1.82) is 0 Å². The summed E-state index contributed by atoms with van der Waals surface area (Å²) in [5, 5.41) is 13.3. The van der Waals surface area contributed by atoms with E-state index in [9.17, 15) is 28.0 Å². The number of carbonyl (C=O) groups excluding carboxylic acids is 4. The third kappa shape index (κ3) is 9.62. The number of carbonyl (C=O) groups is 4. The molecule has 1 saturated carbocycles. The van der Waals surface area contributed by atoms with Crippen LogP contribution in [0.1, 0.15) is 106 Å². The Bertz CT molecular complexity index is 2390. The third-order valence-electron chi connectivity index (χ3n) is 11.7. The molecule has 2 aromatic carbocycles. The van der Waals surface area contributed by atoms with Crippen molar-refractivity contribution in [3.05, 3.63) is 95.1 Å². The van der Waals surface area contributed by atoms with Crippen molar-refractivity contribution < 1.29 is 37.4 Å². The van der Waals surface area contributed by atoms with Crippen LogP contribution in [0.4, 0.5) is 20.3 Å². The second-order valence-electron chi connectivity index (χ2n) is 16.0. The minimum atomic E-state index is -2.85. The first kappa shape index (κ1) is 41.7. The van der Waals surface area contributed by atoms with Gasteiger partial charge in [0.15, 0.2) is 11.3 Å². The summed E-state index contributed by atoms with van der Waals surface area (Å²) < 4.78 is 42.9. The number of fused-ring (bicyclic) bond motifs is 2. The highest BCUT2D eigenvalue weighted by atomic mass is 19.3. The fourth-order valence-electron chi connectivity index (χ4n) is 8.45. The Morgan fingerprint density at radius 1 is 0.984 bits per heavy atom. The molecule has 0 bridgehead atoms. The number of aromatic nitrogens is 5. The molecule has 17 heteroatoms. The van der Waals surface area contributed by atoms with Gasteiger partial charge in [0.1, 0.15) is 22.9 Å². The SMILES string of the molecule is CN(CCCCCCc1ccc(Oc2cccc3c2C(=O)NC(=O)C3=O)cc1)CC1CCC(n2cc(NC(=O)c3cnn4ccc(N5CCOCC5)nc34)c(C(F)F)n2)CC1. The second kappa shape index (κ2) is 18.7. The first-order valence-corrected chi connectivity index (χ1v) is 20.9. The van der Waals surface area contributed by atoms with E-state index in [-0.39, 0.29) is 34.2 Å². The molecule has 2 N–H and O–H groups in total. The standard InChI is InChI=1S/C44H49F2N9O6/c1-52(19-5-3-2-4-7-28-12-16-31(17-13-28)61-35-9-6-8-32-37(35)43(58)50-44(59)39(32)56)26-29-10-14-30(15-11-29)55-27-34(38(51-55)40(45)46)48-42(57)33-25-47-54-20-18-36(49-41(33)54)53-21-23-60-24-22-53/h6,8-9,12-13,16-18,20,25,27,29-30,40H,2-5,7,10-11,14-15,19,21-24,26H2,1H3,(H,48,57)(H,50,58,59). The van der Waals surface area contributed by atoms with Crippen molar-refractivity contribution in [2.75, 3.05) is 56.7 Å². The quantitative estimate of drug-likeness (QED) is 0.0620. The van der Waals surface area contributed by atoms with Crippen molar-refractivity contribution >= 4 is 40.7 Å². The van der Waals surface area contributed by atoms with Crippen molar-refractivity contribution in [3.63, 3.8) is 0 Å². The number of hydrogen-bond acceptors (Lipinski definition) is 11. The molecule has 1 aliphatic carbocycles. The molecule has 0 atom stereocenters. The molecular weight excluding hydrogens is 789 g/mol. The Kier molecular flexibility index (Phi) is 12.8. The average molecular weight is 838 g/mol. The van der Waals surface area contributed by atoms with Crippen LogP contribution in [0.2, 0.25) is 0 Å². The molecule has 2 aliphatic heterocycles. The van der Waals surface area contributed by atoms with E-state index >= 15 is 0 Å². The van der Waals surface area contributed by atoms with Crippen LogP contribution in [0.25, 0.3) is 5.65 Å². The minimum Gasteiger partial charge on any atom is -0.457 e. The number of amides is 3. The molecule has 3 amide bonds. The summed E-state index contributed by atoms with van der Waals surface area (Å²) in [4.78, 5) is 58.9. The molecule has 8 rings (SSSR count). The maximum absolute atomic E-state index is 14.2. The number of halogens is 2. The van der Waals surface area contributed by atoms with Crippen LogP contribution >= 0.6 is 0 Å². The molecule has 3 aliphatic rings. The Morgan fingerprint density at radius 3 is 2.52 bits per heavy atom. The summed E-state index contributed by atoms with van der Waals surface area (Å²) >= 11 is 0. The van der Waals surface area contributed by atoms with Crippen molar-refractivity contribution in [3.8, 4) is 11.5 Å². The van der Waals surface area contributed by atoms with Gasteiger partial charge in [0.2, 0.25) is 0 Å². The Balaban J connectivity index is 0.749. The van der Waals surface area contributed by atoms with E-state index in [1.807, 2.05) is 30.3 Å². The van der Waals surface area contributed by atoms with Gasteiger partial charge in [-0.2, -0.15) is 10.2 Å². The summed E-state index contributed by atoms with van der Waals surface area (Å²) in [6, 6.07) is 14.1. The van der Waals surface area contributed by atoms with Gasteiger partial charge < -0.3 is 24.6 Å². The van der Waals surface area contributed by atoms with E-state index < -0.39 is 35.6 Å². The fraction of sp³-hybridized carbons (Fsp3) is 0.432. The van der Waals surface area contributed by atoms with E-state index in [2.05, 4.69) is 42.7 Å². The molecule has 320 valence electrons. The molecule has 0 spiro atoms. The summed E-state index contributed by atoms with van der Waals surface area (Å²) in [7, 11) is 2.16. The smallest absolute Gasteiger partial charge is 0.299 e. The number of unbranched alkanes of at least 4 members (excludes halogenated alkanes) is 3. The number of morpholine rings is 1. The first-order valence-electron chi connectivity index (χ1n) is 20.9. The van der Waals surface area contributed by atoms with Crippen molar-refractivity contribution in [2.45, 2.75) is 70.3 Å². The summed E-state index contributed by atoms with van der Waals surface area (Å²) in [5.74, 6) is -0.974. The zero-order valence-corrected chi connectivity index (χ0v) is 34.0. The molecule has 0 radical (unpaired) electrons. The number of imide groups is 1. The first-order chi connectivity index (χ1) is 29.6. The highest BCUT2D eigenvalue weighted by Crippen LogP contribution is 2.36. The molecule has 3 aromatic heterocycles. The van der Waals surface area contributed by atoms with Gasteiger partial charge >= 0.3 is 0 Å². The van der Waals surface area contributed by atoms with Gasteiger partial charge in [0, 0.05) is 37.6 Å². The van der Waals surface area contributed by atoms with E-state index in [0.29, 0.717) is 49.4 Å². The van der Waals surface area contributed by atoms with Gasteiger partial charge in [0.25, 0.3) is 29.9 Å². The number of alkyl halides is 2. The Labute approximate surface area is 351 Å². The second-order valence-corrected chi connectivity index (χ2v) is 16.0. The lowest BCUT2D eigenvalue weighted by Gasteiger charge is -2.31. The maximum atomic E-state index is 14.2. The molecular formula is C44H49F2N9O6. The predicted molar refractivity (Wildman–Crippen MR) is 222 cm³/mol. The highest BCUT2D eigenvalue weighted by Gasteiger charge is 2.33. The molecule has 61 heavy (non-hydrogen) atoms. The Morgan fingerprint density at radius 2 is 1.75 bits per heavy atom. The normalized spacial score (nSPS) is 18.2. The van der Waals surface area contributed by atoms with Crippen molar-refractivity contribution in [1.82, 2.24) is 34.6 Å². The summed E-state index contributed by atoms with van der Waals surface area (Å²) in [6.45, 7) is 4.51. The number of ether oxygens (including phenoxy) is 2. The van der Waals surface area contributed by atoms with Crippen LogP contribution in [0.3, 0.4) is 0 Å². The number of nitrogens with one attached hydrogen (secondary N) is 2. The van der Waals surface area contributed by atoms with Crippen LogP contribution in [0, 0.1) is 5.92 Å². The summed E-state index contributed by atoms with van der Waals surface area (Å²) in [5.41, 5.74) is 1.35. The number of hydrogen-bond donors (Lipinski definition) is 2. The maximum Gasteiger partial charge on any atom is 0.299 e. The largest absolute Gasteiger partial charge is 0.457 e. The van der Waals surface area contributed by atoms with E-state index in [4.69, 9.17) is 9.47 Å². The van der Waals surface area contributed by atoms with Gasteiger partial charge in [-0.1, -0.05) is 31.0 Å². The molecule has 5 heterocycles. The minimum absolute atomic E-state index is 0.00555. The van der Waals surface area contributed by atoms with Crippen LogP contribution in [0.5, 0.6) is 11.5 Å². The lowest BCUT2D eigenvalue weighted by atomic mass is 9.86.